The van der Waals surface area contributed by atoms with Crippen molar-refractivity contribution >= 4 is 26.8 Å². The van der Waals surface area contributed by atoms with Crippen molar-refractivity contribution in [2.24, 2.45) is 5.92 Å². The minimum Gasteiger partial charge on any atom is -0.350 e. The third-order valence-corrected chi connectivity index (χ3v) is 5.76. The first kappa shape index (κ1) is 20.9. The fourth-order valence-corrected chi connectivity index (χ4v) is 3.77. The predicted octanol–water partition coefficient (Wildman–Crippen LogP) is 3.23. The average Bonchev–Trinajstić information content (AvgIpc) is 3.02. The van der Waals surface area contributed by atoms with E-state index < -0.39 is 27.5 Å². The molecule has 0 aliphatic rings. The smallest absolute Gasteiger partial charge is 0.243 e. The first-order valence-electron chi connectivity index (χ1n) is 8.96. The first-order chi connectivity index (χ1) is 13.6. The Morgan fingerprint density at radius 3 is 2.34 bits per heavy atom. The van der Waals surface area contributed by atoms with E-state index in [1.165, 1.54) is 23.0 Å². The van der Waals surface area contributed by atoms with Gasteiger partial charge in [-0.25, -0.2) is 22.2 Å². The number of benzene rings is 2. The standard InChI is InChI=1S/C20H21F2N3O3S/c1-12(2)19(25-11-24-17-8-15(21)16(22)9-18(17)25)20(26)23-10-13-4-6-14(7-5-13)29(3,27)28/h4-9,11-12,19H,10H2,1-3H3,(H,23,26). The van der Waals surface area contributed by atoms with E-state index in [2.05, 4.69) is 10.3 Å². The second-order valence-electron chi connectivity index (χ2n) is 7.23. The molecule has 1 unspecified atom stereocenters. The van der Waals surface area contributed by atoms with Crippen LogP contribution in [0.2, 0.25) is 0 Å². The molecular weight excluding hydrogens is 400 g/mol. The van der Waals surface area contributed by atoms with Crippen molar-refractivity contribution in [2.75, 3.05) is 6.26 Å². The van der Waals surface area contributed by atoms with E-state index in [9.17, 15) is 22.0 Å². The predicted molar refractivity (Wildman–Crippen MR) is 105 cm³/mol. The van der Waals surface area contributed by atoms with Crippen molar-refractivity contribution in [3.8, 4) is 0 Å². The molecule has 1 atom stereocenters. The number of nitrogens with zero attached hydrogens (tertiary/aromatic N) is 2. The zero-order valence-electron chi connectivity index (χ0n) is 16.2. The van der Waals surface area contributed by atoms with Gasteiger partial charge in [0.05, 0.1) is 22.3 Å². The molecule has 1 N–H and O–H groups in total. The fraction of sp³-hybridized carbons (Fsp3) is 0.300. The highest BCUT2D eigenvalue weighted by molar-refractivity contribution is 7.90. The molecule has 0 radical (unpaired) electrons. The molecule has 6 nitrogen and oxygen atoms in total. The molecule has 9 heteroatoms. The van der Waals surface area contributed by atoms with Crippen LogP contribution < -0.4 is 5.32 Å². The van der Waals surface area contributed by atoms with Crippen LogP contribution in [0.15, 0.2) is 47.6 Å². The monoisotopic (exact) mass is 421 g/mol. The van der Waals surface area contributed by atoms with E-state index in [-0.39, 0.29) is 28.8 Å². The molecule has 3 rings (SSSR count). The van der Waals surface area contributed by atoms with Gasteiger partial charge < -0.3 is 9.88 Å². The maximum atomic E-state index is 13.7. The molecule has 0 saturated heterocycles. The Balaban J connectivity index is 1.81. The van der Waals surface area contributed by atoms with Crippen molar-refractivity contribution in [3.63, 3.8) is 0 Å². The normalized spacial score (nSPS) is 13.0. The van der Waals surface area contributed by atoms with Crippen molar-refractivity contribution in [1.82, 2.24) is 14.9 Å². The highest BCUT2D eigenvalue weighted by Crippen LogP contribution is 2.25. The summed E-state index contributed by atoms with van der Waals surface area (Å²) >= 11 is 0. The molecule has 3 aromatic rings. The van der Waals surface area contributed by atoms with Crippen LogP contribution in [-0.4, -0.2) is 30.1 Å². The summed E-state index contributed by atoms with van der Waals surface area (Å²) in [5, 5.41) is 2.81. The summed E-state index contributed by atoms with van der Waals surface area (Å²) < 4.78 is 51.7. The Morgan fingerprint density at radius 2 is 1.76 bits per heavy atom. The van der Waals surface area contributed by atoms with Crippen LogP contribution in [0.4, 0.5) is 8.78 Å². The molecule has 0 fully saturated rings. The lowest BCUT2D eigenvalue weighted by Crippen LogP contribution is -2.34. The van der Waals surface area contributed by atoms with Crippen LogP contribution in [0, 0.1) is 17.6 Å². The van der Waals surface area contributed by atoms with Gasteiger partial charge in [0.2, 0.25) is 5.91 Å². The zero-order valence-corrected chi connectivity index (χ0v) is 17.0. The zero-order chi connectivity index (χ0) is 21.3. The lowest BCUT2D eigenvalue weighted by Gasteiger charge is -2.22. The van der Waals surface area contributed by atoms with Gasteiger partial charge in [-0.1, -0.05) is 26.0 Å². The van der Waals surface area contributed by atoms with Crippen LogP contribution in [0.25, 0.3) is 11.0 Å². The van der Waals surface area contributed by atoms with Gasteiger partial charge in [0.15, 0.2) is 21.5 Å². The number of carbonyl (C=O) groups excluding carboxylic acids is 1. The summed E-state index contributed by atoms with van der Waals surface area (Å²) in [6.45, 7) is 3.88. The lowest BCUT2D eigenvalue weighted by molar-refractivity contribution is -0.125. The van der Waals surface area contributed by atoms with Crippen LogP contribution >= 0.6 is 0 Å². The van der Waals surface area contributed by atoms with Gasteiger partial charge in [-0.15, -0.1) is 0 Å². The highest BCUT2D eigenvalue weighted by Gasteiger charge is 2.26. The topological polar surface area (TPSA) is 81.1 Å². The largest absolute Gasteiger partial charge is 0.350 e. The van der Waals surface area contributed by atoms with Gasteiger partial charge in [0, 0.05) is 24.9 Å². The van der Waals surface area contributed by atoms with Gasteiger partial charge in [-0.05, 0) is 23.6 Å². The third-order valence-electron chi connectivity index (χ3n) is 4.63. The molecule has 2 aromatic carbocycles. The average molecular weight is 421 g/mol. The molecular formula is C20H21F2N3O3S. The quantitative estimate of drug-likeness (QED) is 0.663. The maximum absolute atomic E-state index is 13.7. The molecule has 1 aromatic heterocycles. The van der Waals surface area contributed by atoms with Gasteiger partial charge in [-0.3, -0.25) is 4.79 Å². The molecule has 0 bridgehead atoms. The minimum atomic E-state index is -3.29. The van der Waals surface area contributed by atoms with Crippen LogP contribution in [0.5, 0.6) is 0 Å². The second kappa shape index (κ2) is 7.90. The second-order valence-corrected chi connectivity index (χ2v) is 9.25. The van der Waals surface area contributed by atoms with Gasteiger partial charge in [0.25, 0.3) is 0 Å². The maximum Gasteiger partial charge on any atom is 0.243 e. The third kappa shape index (κ3) is 4.45. The summed E-state index contributed by atoms with van der Waals surface area (Å²) in [5.41, 5.74) is 1.32. The number of halogens is 2. The molecule has 0 spiro atoms. The van der Waals surface area contributed by atoms with Gasteiger partial charge in [-0.2, -0.15) is 0 Å². The minimum absolute atomic E-state index is 0.145. The summed E-state index contributed by atoms with van der Waals surface area (Å²) in [6, 6.07) is 7.58. The number of hydrogen-bond acceptors (Lipinski definition) is 4. The molecule has 0 saturated carbocycles. The molecule has 154 valence electrons. The van der Waals surface area contributed by atoms with Crippen LogP contribution in [0.1, 0.15) is 25.5 Å². The van der Waals surface area contributed by atoms with E-state index in [0.717, 1.165) is 24.0 Å². The molecule has 1 heterocycles. The van der Waals surface area contributed by atoms with Crippen molar-refractivity contribution < 1.29 is 22.0 Å². The van der Waals surface area contributed by atoms with E-state index in [1.807, 2.05) is 13.8 Å². The molecule has 1 amide bonds. The number of rotatable bonds is 6. The Labute approximate surface area is 167 Å². The number of fused-ring (bicyclic) bond motifs is 1. The number of aromatic nitrogens is 2. The Hall–Kier alpha value is -2.81. The number of imidazole rings is 1. The SMILES string of the molecule is CC(C)C(C(=O)NCc1ccc(S(C)(=O)=O)cc1)n1cnc2cc(F)c(F)cc21. The Bertz CT molecular complexity index is 1160. The summed E-state index contributed by atoms with van der Waals surface area (Å²) in [4.78, 5) is 17.1. The molecule has 0 aliphatic heterocycles. The Kier molecular flexibility index (Phi) is 5.70. The first-order valence-corrected chi connectivity index (χ1v) is 10.9. The van der Waals surface area contributed by atoms with E-state index in [1.54, 1.807) is 12.1 Å². The number of nitrogens with one attached hydrogen (secondary N) is 1. The molecule has 29 heavy (non-hydrogen) atoms. The van der Waals surface area contributed by atoms with Crippen molar-refractivity contribution in [2.45, 2.75) is 31.3 Å². The van der Waals surface area contributed by atoms with E-state index in [4.69, 9.17) is 0 Å². The number of sulfone groups is 1. The number of carbonyl (C=O) groups is 1. The Morgan fingerprint density at radius 1 is 1.14 bits per heavy atom. The van der Waals surface area contributed by atoms with E-state index in [0.29, 0.717) is 5.52 Å². The number of amides is 1. The van der Waals surface area contributed by atoms with Crippen molar-refractivity contribution in [3.05, 3.63) is 59.9 Å². The summed E-state index contributed by atoms with van der Waals surface area (Å²) in [6.07, 6.45) is 2.52. The molecule has 0 aliphatic carbocycles. The van der Waals surface area contributed by atoms with Crippen LogP contribution in [0.3, 0.4) is 0 Å². The highest BCUT2D eigenvalue weighted by atomic mass is 32.2. The van der Waals surface area contributed by atoms with Crippen LogP contribution in [-0.2, 0) is 21.2 Å². The van der Waals surface area contributed by atoms with Gasteiger partial charge in [0.1, 0.15) is 6.04 Å². The van der Waals surface area contributed by atoms with Gasteiger partial charge >= 0.3 is 0 Å². The van der Waals surface area contributed by atoms with Crippen molar-refractivity contribution in [1.29, 1.82) is 0 Å². The number of hydrogen-bond donors (Lipinski definition) is 1. The fourth-order valence-electron chi connectivity index (χ4n) is 3.14. The lowest BCUT2D eigenvalue weighted by atomic mass is 10.0. The summed E-state index contributed by atoms with van der Waals surface area (Å²) in [7, 11) is -3.29. The summed E-state index contributed by atoms with van der Waals surface area (Å²) in [5.74, 6) is -2.46. The van der Waals surface area contributed by atoms with E-state index >= 15 is 0 Å².